The van der Waals surface area contributed by atoms with Crippen molar-refractivity contribution in [2.45, 2.75) is 38.6 Å². The molecule has 1 aromatic carbocycles. The van der Waals surface area contributed by atoms with Crippen molar-refractivity contribution in [1.82, 2.24) is 4.90 Å². The minimum atomic E-state index is -0.0120. The van der Waals surface area contributed by atoms with Gasteiger partial charge in [0, 0.05) is 25.0 Å². The highest BCUT2D eigenvalue weighted by Crippen LogP contribution is 2.50. The number of hydrogen-bond acceptors (Lipinski definition) is 2. The van der Waals surface area contributed by atoms with E-state index in [1.165, 1.54) is 0 Å². The van der Waals surface area contributed by atoms with Crippen LogP contribution in [0.2, 0.25) is 10.0 Å². The predicted octanol–water partition coefficient (Wildman–Crippen LogP) is 4.10. The summed E-state index contributed by atoms with van der Waals surface area (Å²) in [6.45, 7) is 5.80. The zero-order chi connectivity index (χ0) is 16.1. The van der Waals surface area contributed by atoms with Gasteiger partial charge in [0.05, 0.1) is 10.0 Å². The van der Waals surface area contributed by atoms with E-state index < -0.39 is 0 Å². The van der Waals surface area contributed by atoms with Crippen LogP contribution in [0.4, 0.5) is 0 Å². The van der Waals surface area contributed by atoms with Crippen molar-refractivity contribution in [3.05, 3.63) is 33.8 Å². The number of carbonyl (C=O) groups is 1. The molecule has 1 aliphatic carbocycles. The van der Waals surface area contributed by atoms with Crippen molar-refractivity contribution in [1.29, 1.82) is 0 Å². The first kappa shape index (κ1) is 18.9. The lowest BCUT2D eigenvalue weighted by molar-refractivity contribution is -0.136. The maximum absolute atomic E-state index is 12.7. The first-order valence-corrected chi connectivity index (χ1v) is 8.54. The molecule has 3 atom stereocenters. The van der Waals surface area contributed by atoms with E-state index >= 15 is 0 Å². The van der Waals surface area contributed by atoms with Gasteiger partial charge in [0.15, 0.2) is 0 Å². The highest BCUT2D eigenvalue weighted by Gasteiger charge is 2.47. The molecule has 0 spiro atoms. The summed E-state index contributed by atoms with van der Waals surface area (Å²) in [7, 11) is 0. The van der Waals surface area contributed by atoms with Gasteiger partial charge in [-0.05, 0) is 41.9 Å². The van der Waals surface area contributed by atoms with Gasteiger partial charge in [-0.1, -0.05) is 43.1 Å². The summed E-state index contributed by atoms with van der Waals surface area (Å²) >= 11 is 12.0. The summed E-state index contributed by atoms with van der Waals surface area (Å²) in [5.74, 6) is 0.624. The summed E-state index contributed by atoms with van der Waals surface area (Å²) < 4.78 is 0. The monoisotopic (exact) mass is 376 g/mol. The fourth-order valence-electron chi connectivity index (χ4n) is 3.38. The molecule has 0 bridgehead atoms. The van der Waals surface area contributed by atoms with Gasteiger partial charge in [0.1, 0.15) is 0 Å². The Kier molecular flexibility index (Phi) is 5.57. The minimum absolute atomic E-state index is 0. The van der Waals surface area contributed by atoms with E-state index in [-0.39, 0.29) is 41.6 Å². The fraction of sp³-hybridized carbons (Fsp3) is 0.588. The Morgan fingerprint density at radius 3 is 2.61 bits per heavy atom. The molecule has 1 saturated heterocycles. The summed E-state index contributed by atoms with van der Waals surface area (Å²) in [6, 6.07) is 5.84. The van der Waals surface area contributed by atoms with Crippen LogP contribution in [0.25, 0.3) is 0 Å². The predicted molar refractivity (Wildman–Crippen MR) is 97.5 cm³/mol. The Balaban J connectivity index is 0.00000192. The minimum Gasteiger partial charge on any atom is -0.342 e. The topological polar surface area (TPSA) is 46.3 Å². The lowest BCUT2D eigenvalue weighted by atomic mass is 9.79. The molecule has 0 radical (unpaired) electrons. The van der Waals surface area contributed by atoms with Crippen LogP contribution in [0, 0.1) is 11.3 Å². The van der Waals surface area contributed by atoms with E-state index in [2.05, 4.69) is 13.8 Å². The molecule has 0 aromatic heterocycles. The van der Waals surface area contributed by atoms with Gasteiger partial charge in [-0.15, -0.1) is 12.4 Å². The number of likely N-dealkylation sites (tertiary alicyclic amines) is 1. The van der Waals surface area contributed by atoms with Crippen LogP contribution in [0.5, 0.6) is 0 Å². The Labute approximate surface area is 153 Å². The largest absolute Gasteiger partial charge is 0.342 e. The number of halogens is 3. The van der Waals surface area contributed by atoms with Gasteiger partial charge in [0.25, 0.3) is 0 Å². The Bertz CT molecular complexity index is 606. The van der Waals surface area contributed by atoms with Crippen LogP contribution >= 0.6 is 35.6 Å². The Morgan fingerprint density at radius 1 is 1.30 bits per heavy atom. The third kappa shape index (κ3) is 3.79. The molecule has 1 aliphatic heterocycles. The van der Waals surface area contributed by atoms with Crippen molar-refractivity contribution in [3.8, 4) is 0 Å². The van der Waals surface area contributed by atoms with E-state index in [1.807, 2.05) is 23.1 Å². The standard InChI is InChI=1S/C17H22Cl2N2O.ClH/c1-17(2)9-21(6-5-15(17)20)16(22)12-8-11(12)10-3-4-13(18)14(19)7-10;/h3-4,7,11-12,15H,5-6,8-9,20H2,1-2H3;1H. The lowest BCUT2D eigenvalue weighted by Crippen LogP contribution is -2.54. The average molecular weight is 378 g/mol. The summed E-state index contributed by atoms with van der Waals surface area (Å²) in [6.07, 6.45) is 1.78. The molecule has 128 valence electrons. The molecule has 3 nitrogen and oxygen atoms in total. The molecule has 2 fully saturated rings. The number of piperidine rings is 1. The van der Waals surface area contributed by atoms with Crippen LogP contribution in [0.15, 0.2) is 18.2 Å². The van der Waals surface area contributed by atoms with E-state index in [1.54, 1.807) is 0 Å². The average Bonchev–Trinajstić information content (AvgIpc) is 3.24. The molecule has 3 rings (SSSR count). The highest BCUT2D eigenvalue weighted by atomic mass is 35.5. The second-order valence-corrected chi connectivity index (χ2v) is 8.08. The molecule has 6 heteroatoms. The van der Waals surface area contributed by atoms with Crippen molar-refractivity contribution < 1.29 is 4.79 Å². The number of hydrogen-bond donors (Lipinski definition) is 1. The summed E-state index contributed by atoms with van der Waals surface area (Å²) in [4.78, 5) is 14.7. The number of nitrogens with zero attached hydrogens (tertiary/aromatic N) is 1. The van der Waals surface area contributed by atoms with Gasteiger partial charge < -0.3 is 10.6 Å². The Morgan fingerprint density at radius 2 is 2.00 bits per heavy atom. The third-order valence-electron chi connectivity index (χ3n) is 5.10. The molecule has 1 amide bonds. The maximum Gasteiger partial charge on any atom is 0.226 e. The summed E-state index contributed by atoms with van der Waals surface area (Å²) in [5, 5.41) is 1.11. The number of nitrogens with two attached hydrogens (primary N) is 1. The molecule has 1 heterocycles. The van der Waals surface area contributed by atoms with Gasteiger partial charge in [-0.3, -0.25) is 4.79 Å². The first-order chi connectivity index (χ1) is 10.3. The molecular formula is C17H23Cl3N2O. The molecule has 2 N–H and O–H groups in total. The molecule has 1 aromatic rings. The zero-order valence-electron chi connectivity index (χ0n) is 13.4. The number of rotatable bonds is 2. The fourth-order valence-corrected chi connectivity index (χ4v) is 3.68. The molecule has 2 aliphatic rings. The van der Waals surface area contributed by atoms with Crippen LogP contribution in [-0.4, -0.2) is 29.9 Å². The third-order valence-corrected chi connectivity index (χ3v) is 5.84. The lowest BCUT2D eigenvalue weighted by Gasteiger charge is -2.42. The summed E-state index contributed by atoms with van der Waals surface area (Å²) in [5.41, 5.74) is 7.25. The van der Waals surface area contributed by atoms with E-state index in [0.717, 1.165) is 31.5 Å². The van der Waals surface area contributed by atoms with Crippen molar-refractivity contribution >= 4 is 41.5 Å². The van der Waals surface area contributed by atoms with Gasteiger partial charge in [-0.25, -0.2) is 0 Å². The first-order valence-electron chi connectivity index (χ1n) is 7.79. The second-order valence-electron chi connectivity index (χ2n) is 7.27. The quantitative estimate of drug-likeness (QED) is 0.843. The molecular weight excluding hydrogens is 355 g/mol. The van der Waals surface area contributed by atoms with Crippen LogP contribution < -0.4 is 5.73 Å². The number of carbonyl (C=O) groups excluding carboxylic acids is 1. The molecule has 1 saturated carbocycles. The van der Waals surface area contributed by atoms with Crippen LogP contribution in [0.1, 0.15) is 38.2 Å². The normalized spacial score (nSPS) is 28.9. The zero-order valence-corrected chi connectivity index (χ0v) is 15.7. The smallest absolute Gasteiger partial charge is 0.226 e. The second kappa shape index (κ2) is 6.79. The van der Waals surface area contributed by atoms with Gasteiger partial charge >= 0.3 is 0 Å². The van der Waals surface area contributed by atoms with Crippen molar-refractivity contribution in [2.75, 3.05) is 13.1 Å². The van der Waals surface area contributed by atoms with Crippen molar-refractivity contribution in [3.63, 3.8) is 0 Å². The van der Waals surface area contributed by atoms with Gasteiger partial charge in [0.2, 0.25) is 5.91 Å². The SMILES string of the molecule is CC1(C)CN(C(=O)C2CC2c2ccc(Cl)c(Cl)c2)CCC1N.Cl. The van der Waals surface area contributed by atoms with Crippen LogP contribution in [-0.2, 0) is 4.79 Å². The maximum atomic E-state index is 12.7. The van der Waals surface area contributed by atoms with Crippen LogP contribution in [0.3, 0.4) is 0 Å². The molecule has 23 heavy (non-hydrogen) atoms. The van der Waals surface area contributed by atoms with Crippen molar-refractivity contribution in [2.24, 2.45) is 17.1 Å². The number of benzene rings is 1. The highest BCUT2D eigenvalue weighted by molar-refractivity contribution is 6.42. The van der Waals surface area contributed by atoms with E-state index in [0.29, 0.717) is 10.0 Å². The van der Waals surface area contributed by atoms with Gasteiger partial charge in [-0.2, -0.15) is 0 Å². The number of amides is 1. The Hall–Kier alpha value is -0.480. The molecule has 3 unspecified atom stereocenters. The van der Waals surface area contributed by atoms with E-state index in [4.69, 9.17) is 28.9 Å². The van der Waals surface area contributed by atoms with E-state index in [9.17, 15) is 4.79 Å².